The van der Waals surface area contributed by atoms with Gasteiger partial charge in [0.25, 0.3) is 0 Å². The van der Waals surface area contributed by atoms with E-state index in [2.05, 4.69) is 125 Å². The van der Waals surface area contributed by atoms with Gasteiger partial charge in [-0.15, -0.1) is 29.8 Å². The molecule has 9 rings (SSSR count). The van der Waals surface area contributed by atoms with Crippen molar-refractivity contribution in [2.24, 2.45) is 4.99 Å². The van der Waals surface area contributed by atoms with E-state index in [-0.39, 0.29) is 44.0 Å². The Morgan fingerprint density at radius 1 is 0.759 bits per heavy atom. The first-order valence-corrected chi connectivity index (χ1v) is 18.4. The van der Waals surface area contributed by atoms with Gasteiger partial charge < -0.3 is 14.0 Å². The molecule has 0 amide bonds. The van der Waals surface area contributed by atoms with E-state index < -0.39 is 0 Å². The van der Waals surface area contributed by atoms with Crippen molar-refractivity contribution < 1.29 is 30.5 Å². The van der Waals surface area contributed by atoms with Gasteiger partial charge >= 0.3 is 21.1 Å². The molecule has 0 saturated carbocycles. The Morgan fingerprint density at radius 2 is 1.56 bits per heavy atom. The van der Waals surface area contributed by atoms with E-state index in [1.807, 2.05) is 42.6 Å². The van der Waals surface area contributed by atoms with Crippen LogP contribution in [-0.2, 0) is 43.1 Å². The summed E-state index contributed by atoms with van der Waals surface area (Å²) in [6.07, 6.45) is 4.43. The Morgan fingerprint density at radius 3 is 2.33 bits per heavy atom. The molecule has 272 valence electrons. The molecule has 6 nitrogen and oxygen atoms in total. The Hall–Kier alpha value is -5.06. The monoisotopic (exact) mass is 889 g/mol. The third-order valence-electron chi connectivity index (χ3n) is 10.5. The van der Waals surface area contributed by atoms with Crippen molar-refractivity contribution in [1.29, 1.82) is 0 Å². The van der Waals surface area contributed by atoms with Crippen molar-refractivity contribution >= 4 is 27.8 Å². The molecule has 0 saturated heterocycles. The van der Waals surface area contributed by atoms with Gasteiger partial charge in [-0.1, -0.05) is 106 Å². The second-order valence-corrected chi connectivity index (χ2v) is 16.5. The Labute approximate surface area is 331 Å². The van der Waals surface area contributed by atoms with Crippen molar-refractivity contribution in [3.8, 4) is 28.4 Å². The molecule has 1 aliphatic heterocycles. The summed E-state index contributed by atoms with van der Waals surface area (Å²) in [5, 5.41) is 2.26. The van der Waals surface area contributed by atoms with Gasteiger partial charge in [-0.25, -0.2) is 4.98 Å². The van der Waals surface area contributed by atoms with Crippen LogP contribution in [0.4, 0.5) is 0 Å². The second kappa shape index (κ2) is 13.4. The maximum Gasteiger partial charge on any atom is 2.00 e. The summed E-state index contributed by atoms with van der Waals surface area (Å²) in [5.74, 6) is 1.69. The number of rotatable bonds is 5. The zero-order valence-electron chi connectivity index (χ0n) is 31.6. The van der Waals surface area contributed by atoms with Crippen molar-refractivity contribution in [3.05, 3.63) is 149 Å². The topological polar surface area (TPSA) is 61.5 Å². The van der Waals surface area contributed by atoms with Crippen molar-refractivity contribution in [3.63, 3.8) is 0 Å². The smallest absolute Gasteiger partial charge is 0.514 e. The average molecular weight is 890 g/mol. The van der Waals surface area contributed by atoms with Crippen LogP contribution in [0.2, 0.25) is 0 Å². The van der Waals surface area contributed by atoms with Crippen LogP contribution in [0.25, 0.3) is 38.9 Å². The molecular formula is C47H42N4O2Pt. The molecule has 1 aliphatic carbocycles. The number of nitrogens with zero attached hydrogens (tertiary/aromatic N) is 4. The quantitative estimate of drug-likeness (QED) is 0.162. The minimum atomic E-state index is -0.163. The number of aromatic nitrogens is 3. The Bertz CT molecular complexity index is 2590. The predicted molar refractivity (Wildman–Crippen MR) is 212 cm³/mol. The standard InChI is InChI=1S/C47H42N4O2.Pt/c1-28-13-16-41-39(19-28)38-11-10-18-49-44(38)51(41)34-25-33(47(5,6)7)26-36(27-34)52-35-22-30(40-12-8-9-17-48-40)20-31(23-35)45-50-43-37-15-14-32(46(2,3)4)21-29(37)24-42(43)53-45;/h8-22,25-26,42-43H,24H2,1-7H3;/q-2;+2/t42-,43+;/m0./s1. The number of hydrogen-bond acceptors (Lipinski definition) is 5. The molecule has 0 fully saturated rings. The minimum absolute atomic E-state index is 0. The van der Waals surface area contributed by atoms with E-state index in [1.54, 1.807) is 6.20 Å². The zero-order chi connectivity index (χ0) is 36.6. The number of ether oxygens (including phenoxy) is 2. The third kappa shape index (κ3) is 6.45. The zero-order valence-corrected chi connectivity index (χ0v) is 33.9. The maximum absolute atomic E-state index is 6.77. The molecule has 54 heavy (non-hydrogen) atoms. The summed E-state index contributed by atoms with van der Waals surface area (Å²) in [6.45, 7) is 15.5. The molecule has 0 unspecified atom stereocenters. The first-order chi connectivity index (χ1) is 25.4. The molecule has 0 spiro atoms. The molecule has 7 heteroatoms. The molecule has 2 aliphatic rings. The van der Waals surface area contributed by atoms with E-state index >= 15 is 0 Å². The van der Waals surface area contributed by atoms with E-state index in [4.69, 9.17) is 19.5 Å². The van der Waals surface area contributed by atoms with Crippen LogP contribution in [0.5, 0.6) is 11.5 Å². The van der Waals surface area contributed by atoms with Crippen LogP contribution in [0, 0.1) is 19.1 Å². The molecule has 2 atom stereocenters. The van der Waals surface area contributed by atoms with Crippen molar-refractivity contribution in [1.82, 2.24) is 14.5 Å². The molecule has 0 bridgehead atoms. The number of aryl methyl sites for hydroxylation is 1. The summed E-state index contributed by atoms with van der Waals surface area (Å²) in [6, 6.07) is 38.8. The van der Waals surface area contributed by atoms with Crippen LogP contribution in [0.15, 0.2) is 108 Å². The van der Waals surface area contributed by atoms with E-state index in [0.29, 0.717) is 17.4 Å². The average Bonchev–Trinajstić information content (AvgIpc) is 3.80. The fraction of sp³-hybridized carbons (Fsp3) is 0.255. The largest absolute Gasteiger partial charge is 2.00 e. The molecule has 7 aromatic rings. The molecule has 0 N–H and O–H groups in total. The van der Waals surface area contributed by atoms with Gasteiger partial charge in [-0.2, -0.15) is 0 Å². The summed E-state index contributed by atoms with van der Waals surface area (Å²) in [7, 11) is 0. The first-order valence-electron chi connectivity index (χ1n) is 18.4. The number of pyridine rings is 2. The van der Waals surface area contributed by atoms with E-state index in [1.165, 1.54) is 22.3 Å². The van der Waals surface area contributed by atoms with Gasteiger partial charge in [0.15, 0.2) is 0 Å². The van der Waals surface area contributed by atoms with Gasteiger partial charge in [-0.05, 0) is 70.8 Å². The van der Waals surface area contributed by atoms with Gasteiger partial charge in [0.2, 0.25) is 0 Å². The summed E-state index contributed by atoms with van der Waals surface area (Å²) >= 11 is 0. The van der Waals surface area contributed by atoms with Gasteiger partial charge in [-0.3, -0.25) is 9.98 Å². The molecular weight excluding hydrogens is 848 g/mol. The summed E-state index contributed by atoms with van der Waals surface area (Å²) < 4.78 is 15.6. The van der Waals surface area contributed by atoms with E-state index in [0.717, 1.165) is 56.4 Å². The maximum atomic E-state index is 6.77. The first kappa shape index (κ1) is 35.9. The minimum Gasteiger partial charge on any atom is -0.514 e. The Balaban J connectivity index is 0.00000413. The van der Waals surface area contributed by atoms with Gasteiger partial charge in [0.1, 0.15) is 23.7 Å². The molecule has 3 aromatic heterocycles. The fourth-order valence-corrected chi connectivity index (χ4v) is 7.61. The van der Waals surface area contributed by atoms with E-state index in [9.17, 15) is 0 Å². The second-order valence-electron chi connectivity index (χ2n) is 16.5. The SMILES string of the molecule is Cc1ccc2c(c1)c1cccnc1n2-c1[c-]c(Oc2[c-]c(C3=N[C@@H]4c5ccc(C(C)(C)C)cc5C[C@@H]4O3)cc(-c3ccccn3)c2)cc(C(C)(C)C)c1.[Pt+2]. The molecule has 4 aromatic carbocycles. The van der Waals surface area contributed by atoms with Crippen LogP contribution in [0.1, 0.15) is 81.0 Å². The summed E-state index contributed by atoms with van der Waals surface area (Å²) in [5.41, 5.74) is 11.4. The van der Waals surface area contributed by atoms with Crippen LogP contribution in [-0.4, -0.2) is 26.5 Å². The van der Waals surface area contributed by atoms with Crippen molar-refractivity contribution in [2.75, 3.05) is 0 Å². The number of hydrogen-bond donors (Lipinski definition) is 0. The van der Waals surface area contributed by atoms with Gasteiger partial charge in [0, 0.05) is 41.1 Å². The number of fused-ring (bicyclic) bond motifs is 6. The Kier molecular flexibility index (Phi) is 8.89. The van der Waals surface area contributed by atoms with Crippen LogP contribution in [0.3, 0.4) is 0 Å². The molecule has 0 radical (unpaired) electrons. The number of aliphatic imine (C=N–C) groups is 1. The predicted octanol–water partition coefficient (Wildman–Crippen LogP) is 11.0. The summed E-state index contributed by atoms with van der Waals surface area (Å²) in [4.78, 5) is 14.7. The van der Waals surface area contributed by atoms with Gasteiger partial charge in [0.05, 0.1) is 11.2 Å². The van der Waals surface area contributed by atoms with Crippen LogP contribution >= 0.6 is 0 Å². The van der Waals surface area contributed by atoms with Crippen LogP contribution < -0.4 is 4.74 Å². The fourth-order valence-electron chi connectivity index (χ4n) is 7.61. The third-order valence-corrected chi connectivity index (χ3v) is 10.5. The molecule has 4 heterocycles. The number of benzene rings is 4. The van der Waals surface area contributed by atoms with Crippen molar-refractivity contribution in [2.45, 2.75) is 77.9 Å². The normalized spacial score (nSPS) is 16.5.